The Kier molecular flexibility index (Phi) is 7.24. The molecule has 2 aliphatic carbocycles. The lowest BCUT2D eigenvalue weighted by molar-refractivity contribution is 0.00791. The van der Waals surface area contributed by atoms with Gasteiger partial charge in [-0.3, -0.25) is 4.90 Å². The SMILES string of the molecule is C[Si](C)(C)OC(C#N)C[C@H]1CCc2sc3ncnc(N[C@H]4CC[C@H](N5CCOCC5)CC4)c3c21. The lowest BCUT2D eigenvalue weighted by Gasteiger charge is -2.39. The summed E-state index contributed by atoms with van der Waals surface area (Å²) in [4.78, 5) is 14.5. The standard InChI is InChI=1S/C25H37N5O2SSi/c1-34(2,3)32-20(15-26)14-17-4-9-21-22(17)23-24(27-16-28-25(23)33-21)29-18-5-7-19(8-6-18)30-10-12-31-13-11-30/h16-20H,4-14H2,1-3H3,(H,27,28,29)/t17-,18-,19-,20?/m1/s1. The van der Waals surface area contributed by atoms with Gasteiger partial charge in [-0.1, -0.05) is 0 Å². The first-order valence-electron chi connectivity index (χ1n) is 12.8. The van der Waals surface area contributed by atoms with Crippen LogP contribution in [0.15, 0.2) is 6.33 Å². The van der Waals surface area contributed by atoms with Crippen LogP contribution in [-0.4, -0.2) is 67.7 Å². The van der Waals surface area contributed by atoms with E-state index in [2.05, 4.69) is 40.9 Å². The summed E-state index contributed by atoms with van der Waals surface area (Å²) < 4.78 is 11.7. The lowest BCUT2D eigenvalue weighted by atomic mass is 9.89. The number of morpholine rings is 1. The lowest BCUT2D eigenvalue weighted by Crippen LogP contribution is -2.46. The van der Waals surface area contributed by atoms with E-state index in [1.807, 2.05) is 11.3 Å². The summed E-state index contributed by atoms with van der Waals surface area (Å²) in [7, 11) is -1.77. The Bertz CT molecular complexity index is 1030. The minimum Gasteiger partial charge on any atom is -0.402 e. The van der Waals surface area contributed by atoms with E-state index in [1.54, 1.807) is 6.33 Å². The molecule has 1 aliphatic heterocycles. The quantitative estimate of drug-likeness (QED) is 0.542. The van der Waals surface area contributed by atoms with Crippen molar-refractivity contribution in [3.8, 4) is 6.07 Å². The first kappa shape index (κ1) is 24.1. The van der Waals surface area contributed by atoms with Crippen LogP contribution in [0.3, 0.4) is 0 Å². The highest BCUT2D eigenvalue weighted by atomic mass is 32.1. The van der Waals surface area contributed by atoms with Crippen LogP contribution in [0.2, 0.25) is 19.6 Å². The summed E-state index contributed by atoms with van der Waals surface area (Å²) in [5.41, 5.74) is 1.38. The van der Waals surface area contributed by atoms with Crippen molar-refractivity contribution in [2.75, 3.05) is 31.6 Å². The van der Waals surface area contributed by atoms with Gasteiger partial charge >= 0.3 is 0 Å². The Balaban J connectivity index is 1.31. The molecule has 0 aromatic carbocycles. The first-order chi connectivity index (χ1) is 16.4. The second-order valence-corrected chi connectivity index (χ2v) is 16.5. The first-order valence-corrected chi connectivity index (χ1v) is 17.1. The van der Waals surface area contributed by atoms with Gasteiger partial charge < -0.3 is 14.5 Å². The zero-order valence-corrected chi connectivity index (χ0v) is 22.5. The maximum Gasteiger partial charge on any atom is 0.185 e. The fraction of sp³-hybridized carbons (Fsp3) is 0.720. The van der Waals surface area contributed by atoms with Gasteiger partial charge in [0.1, 0.15) is 23.1 Å². The number of rotatable bonds is 7. The molecule has 1 saturated heterocycles. The van der Waals surface area contributed by atoms with Gasteiger partial charge in [-0.2, -0.15) is 5.26 Å². The van der Waals surface area contributed by atoms with Crippen molar-refractivity contribution >= 4 is 35.7 Å². The summed E-state index contributed by atoms with van der Waals surface area (Å²) in [6.45, 7) is 10.4. The number of anilines is 1. The van der Waals surface area contributed by atoms with Crippen LogP contribution >= 0.6 is 11.3 Å². The van der Waals surface area contributed by atoms with E-state index in [0.29, 0.717) is 18.0 Å². The highest BCUT2D eigenvalue weighted by Gasteiger charge is 2.34. The molecule has 34 heavy (non-hydrogen) atoms. The van der Waals surface area contributed by atoms with E-state index in [1.165, 1.54) is 41.5 Å². The van der Waals surface area contributed by atoms with E-state index >= 15 is 0 Å². The molecule has 7 nitrogen and oxygen atoms in total. The minimum absolute atomic E-state index is 0.339. The third-order valence-electron chi connectivity index (χ3n) is 7.47. The molecule has 5 rings (SSSR count). The number of nitrogens with one attached hydrogen (secondary N) is 1. The van der Waals surface area contributed by atoms with Gasteiger partial charge in [0.25, 0.3) is 0 Å². The van der Waals surface area contributed by atoms with Crippen molar-refractivity contribution in [3.05, 3.63) is 16.8 Å². The van der Waals surface area contributed by atoms with Gasteiger partial charge in [0.15, 0.2) is 8.32 Å². The topological polar surface area (TPSA) is 83.3 Å². The number of fused-ring (bicyclic) bond motifs is 3. The van der Waals surface area contributed by atoms with Gasteiger partial charge in [-0.25, -0.2) is 9.97 Å². The number of nitrogens with zero attached hydrogens (tertiary/aromatic N) is 4. The predicted molar refractivity (Wildman–Crippen MR) is 139 cm³/mol. The molecule has 3 heterocycles. The van der Waals surface area contributed by atoms with E-state index in [9.17, 15) is 5.26 Å². The number of ether oxygens (including phenoxy) is 1. The zero-order chi connectivity index (χ0) is 23.7. The Morgan fingerprint density at radius 1 is 1.21 bits per heavy atom. The predicted octanol–water partition coefficient (Wildman–Crippen LogP) is 4.91. The molecule has 0 radical (unpaired) electrons. The number of aromatic nitrogens is 2. The number of nitriles is 1. The van der Waals surface area contributed by atoms with Crippen LogP contribution in [0, 0.1) is 11.3 Å². The summed E-state index contributed by atoms with van der Waals surface area (Å²) in [5, 5.41) is 14.8. The van der Waals surface area contributed by atoms with Crippen molar-refractivity contribution in [1.29, 1.82) is 5.26 Å². The average Bonchev–Trinajstić information content (AvgIpc) is 3.39. The van der Waals surface area contributed by atoms with Gasteiger partial charge in [-0.05, 0) is 76.1 Å². The highest BCUT2D eigenvalue weighted by Crippen LogP contribution is 2.47. The summed E-state index contributed by atoms with van der Waals surface area (Å²) in [5.74, 6) is 1.33. The van der Waals surface area contributed by atoms with E-state index in [-0.39, 0.29) is 6.10 Å². The molecular weight excluding hydrogens is 462 g/mol. The maximum absolute atomic E-state index is 9.75. The summed E-state index contributed by atoms with van der Waals surface area (Å²) in [6.07, 6.45) is 9.08. The second kappa shape index (κ2) is 10.2. The molecule has 184 valence electrons. The van der Waals surface area contributed by atoms with Crippen LogP contribution in [0.25, 0.3) is 10.2 Å². The molecule has 2 atom stereocenters. The van der Waals surface area contributed by atoms with Crippen molar-refractivity contribution < 1.29 is 9.16 Å². The molecule has 2 aromatic rings. The second-order valence-electron chi connectivity index (χ2n) is 11.0. The normalized spacial score (nSPS) is 26.8. The molecule has 1 saturated carbocycles. The molecule has 0 spiro atoms. The van der Waals surface area contributed by atoms with Crippen LogP contribution in [0.4, 0.5) is 5.82 Å². The monoisotopic (exact) mass is 499 g/mol. The summed E-state index contributed by atoms with van der Waals surface area (Å²) in [6, 6.07) is 3.57. The van der Waals surface area contributed by atoms with Crippen LogP contribution in [0.5, 0.6) is 0 Å². The van der Waals surface area contributed by atoms with Crippen molar-refractivity contribution in [1.82, 2.24) is 14.9 Å². The molecule has 1 N–H and O–H groups in total. The van der Waals surface area contributed by atoms with Crippen LogP contribution < -0.4 is 5.32 Å². The maximum atomic E-state index is 9.75. The summed E-state index contributed by atoms with van der Waals surface area (Å²) >= 11 is 1.81. The molecule has 2 fully saturated rings. The van der Waals surface area contributed by atoms with Crippen molar-refractivity contribution in [2.45, 2.75) is 88.7 Å². The molecule has 9 heteroatoms. The van der Waals surface area contributed by atoms with E-state index in [4.69, 9.17) is 14.1 Å². The molecular formula is C25H37N5O2SSi. The third kappa shape index (κ3) is 5.31. The molecule has 3 aliphatic rings. The van der Waals surface area contributed by atoms with Crippen molar-refractivity contribution in [3.63, 3.8) is 0 Å². The van der Waals surface area contributed by atoms with E-state index in [0.717, 1.165) is 56.2 Å². The Morgan fingerprint density at radius 2 is 1.97 bits per heavy atom. The third-order valence-corrected chi connectivity index (χ3v) is 9.63. The number of hydrogen-bond acceptors (Lipinski definition) is 8. The number of thiophene rings is 1. The van der Waals surface area contributed by atoms with Crippen molar-refractivity contribution in [2.24, 2.45) is 0 Å². The molecule has 0 amide bonds. The van der Waals surface area contributed by atoms with Gasteiger partial charge in [0, 0.05) is 30.1 Å². The average molecular weight is 500 g/mol. The fourth-order valence-corrected chi connectivity index (χ4v) is 8.19. The molecule has 0 bridgehead atoms. The zero-order valence-electron chi connectivity index (χ0n) is 20.7. The Labute approximate surface area is 208 Å². The van der Waals surface area contributed by atoms with E-state index < -0.39 is 8.32 Å². The van der Waals surface area contributed by atoms with Crippen LogP contribution in [0.1, 0.15) is 54.9 Å². The molecule has 2 aromatic heterocycles. The van der Waals surface area contributed by atoms with Gasteiger partial charge in [0.05, 0.1) is 24.7 Å². The molecule has 1 unspecified atom stereocenters. The largest absolute Gasteiger partial charge is 0.402 e. The highest BCUT2D eigenvalue weighted by molar-refractivity contribution is 7.19. The van der Waals surface area contributed by atoms with Gasteiger partial charge in [0.2, 0.25) is 0 Å². The smallest absolute Gasteiger partial charge is 0.185 e. The minimum atomic E-state index is -1.77. The fourth-order valence-electron chi connectivity index (χ4n) is 5.95. The van der Waals surface area contributed by atoms with Gasteiger partial charge in [-0.15, -0.1) is 11.3 Å². The number of aryl methyl sites for hydroxylation is 1. The van der Waals surface area contributed by atoms with Crippen LogP contribution in [-0.2, 0) is 15.6 Å². The number of hydrogen-bond donors (Lipinski definition) is 1. The Morgan fingerprint density at radius 3 is 2.68 bits per heavy atom. The Hall–Kier alpha value is -1.57.